The molecular formula is C48H58F2N6O13S2. The molecular weight excluding hydrogens is 971 g/mol. The lowest BCUT2D eigenvalue weighted by atomic mass is 9.91. The van der Waals surface area contributed by atoms with Gasteiger partial charge in [-0.05, 0) is 86.4 Å². The number of Topliss-reactive ketones (excluding diaryl/α,β-unsaturated/α-hetero) is 3. The molecule has 71 heavy (non-hydrogen) atoms. The molecule has 384 valence electrons. The van der Waals surface area contributed by atoms with Crippen LogP contribution in [0.4, 0.5) is 20.7 Å². The van der Waals surface area contributed by atoms with Crippen molar-refractivity contribution in [1.82, 2.24) is 19.9 Å². The Kier molecular flexibility index (Phi) is 21.4. The number of rotatable bonds is 23. The molecule has 0 aliphatic carbocycles. The predicted molar refractivity (Wildman–Crippen MR) is 260 cm³/mol. The zero-order valence-corrected chi connectivity index (χ0v) is 42.7. The van der Waals surface area contributed by atoms with Crippen LogP contribution >= 0.6 is 0 Å². The lowest BCUT2D eigenvalue weighted by Gasteiger charge is -2.23. The van der Waals surface area contributed by atoms with E-state index in [1.807, 2.05) is 13.8 Å². The van der Waals surface area contributed by atoms with Crippen molar-refractivity contribution in [3.8, 4) is 22.5 Å². The monoisotopic (exact) mass is 1030 g/mol. The van der Waals surface area contributed by atoms with Crippen LogP contribution in [-0.2, 0) is 58.3 Å². The number of allylic oxidation sites excluding steroid dienone is 1. The van der Waals surface area contributed by atoms with Gasteiger partial charge in [0.2, 0.25) is 31.9 Å². The first-order chi connectivity index (χ1) is 33.1. The van der Waals surface area contributed by atoms with Crippen LogP contribution < -0.4 is 8.61 Å². The number of aliphatic hydroxyl groups excluding tert-OH is 1. The Bertz CT molecular complexity index is 2860. The van der Waals surface area contributed by atoms with Gasteiger partial charge in [-0.2, -0.15) is 0 Å². The summed E-state index contributed by atoms with van der Waals surface area (Å²) in [5.74, 6) is -5.58. The van der Waals surface area contributed by atoms with Crippen LogP contribution in [0, 0.1) is 11.6 Å². The highest BCUT2D eigenvalue weighted by atomic mass is 32.2. The smallest absolute Gasteiger partial charge is 0.313 e. The van der Waals surface area contributed by atoms with E-state index >= 15 is 0 Å². The summed E-state index contributed by atoms with van der Waals surface area (Å²) in [5.41, 5.74) is 2.57. The minimum atomic E-state index is -3.73. The summed E-state index contributed by atoms with van der Waals surface area (Å²) in [6.45, 7) is 10.6. The van der Waals surface area contributed by atoms with Crippen LogP contribution in [0.5, 0.6) is 0 Å². The molecule has 0 spiro atoms. The summed E-state index contributed by atoms with van der Waals surface area (Å²) in [5, 5.41) is 11.1. The Morgan fingerprint density at radius 1 is 0.620 bits per heavy atom. The molecule has 0 amide bonds. The maximum atomic E-state index is 13.6. The minimum Gasteiger partial charge on any atom is -0.466 e. The number of anilines is 2. The Balaban J connectivity index is 0.000000375. The van der Waals surface area contributed by atoms with Crippen molar-refractivity contribution < 1.29 is 69.0 Å². The van der Waals surface area contributed by atoms with Crippen molar-refractivity contribution in [2.75, 3.05) is 48.4 Å². The van der Waals surface area contributed by atoms with Crippen molar-refractivity contribution >= 4 is 73.1 Å². The molecule has 23 heteroatoms. The Hall–Kier alpha value is -6.72. The topological polar surface area (TPSA) is 267 Å². The second-order valence-electron chi connectivity index (χ2n) is 16.6. The molecule has 2 aromatic carbocycles. The standard InChI is InChI=1S/C24H30FN3O7S.C24H28FN3O6S/c1-6-35-20(32)13-18(30)11-17(29)12-19(31)21-22(14(2)3)26-24(28(4)36(5,33)34)27-23(21)15-7-9-16(25)10-8-15;1-6-34-21(31)14-19(30)13-18(29)11-12-20-22(15(2)3)26-24(28(4)35(5,32)33)27-23(20)16-7-9-17(25)10-8-16/h7-10,14,19,31H,6,11-13H2,1-5H3;7-12,15H,6,13-14H2,1-5H3/b;12-11+. The highest BCUT2D eigenvalue weighted by Gasteiger charge is 2.29. The fourth-order valence-corrected chi connectivity index (χ4v) is 7.22. The normalized spacial score (nSPS) is 12.0. The average molecular weight is 1030 g/mol. The summed E-state index contributed by atoms with van der Waals surface area (Å²) in [6.07, 6.45) is 0.572. The van der Waals surface area contributed by atoms with Gasteiger partial charge in [-0.3, -0.25) is 28.8 Å². The van der Waals surface area contributed by atoms with Gasteiger partial charge in [0.05, 0.1) is 67.4 Å². The van der Waals surface area contributed by atoms with Gasteiger partial charge in [0.15, 0.2) is 17.3 Å². The fourth-order valence-electron chi connectivity index (χ4n) is 6.47. The van der Waals surface area contributed by atoms with E-state index in [0.717, 1.165) is 21.1 Å². The Morgan fingerprint density at radius 3 is 1.45 bits per heavy atom. The van der Waals surface area contributed by atoms with Gasteiger partial charge in [0.25, 0.3) is 0 Å². The number of sulfonamides is 2. The second kappa shape index (κ2) is 25.9. The molecule has 0 radical (unpaired) electrons. The molecule has 0 aliphatic rings. The van der Waals surface area contributed by atoms with Crippen molar-refractivity contribution in [2.45, 2.75) is 91.6 Å². The zero-order valence-electron chi connectivity index (χ0n) is 41.1. The highest BCUT2D eigenvalue weighted by Crippen LogP contribution is 2.36. The van der Waals surface area contributed by atoms with Gasteiger partial charge in [-0.1, -0.05) is 27.7 Å². The number of esters is 2. The molecule has 2 aromatic heterocycles. The second-order valence-corrected chi connectivity index (χ2v) is 20.6. The number of aromatic nitrogens is 4. The number of ketones is 4. The van der Waals surface area contributed by atoms with Crippen LogP contribution in [0.2, 0.25) is 0 Å². The van der Waals surface area contributed by atoms with E-state index in [1.54, 1.807) is 27.7 Å². The van der Waals surface area contributed by atoms with E-state index < -0.39 is 105 Å². The molecule has 1 atom stereocenters. The van der Waals surface area contributed by atoms with Crippen molar-refractivity contribution in [2.24, 2.45) is 0 Å². The lowest BCUT2D eigenvalue weighted by molar-refractivity contribution is -0.147. The van der Waals surface area contributed by atoms with Gasteiger partial charge in [-0.25, -0.2) is 54.2 Å². The van der Waals surface area contributed by atoms with Gasteiger partial charge in [-0.15, -0.1) is 0 Å². The first-order valence-electron chi connectivity index (χ1n) is 22.1. The van der Waals surface area contributed by atoms with Gasteiger partial charge in [0.1, 0.15) is 30.3 Å². The van der Waals surface area contributed by atoms with Crippen LogP contribution in [0.25, 0.3) is 28.6 Å². The molecule has 0 aliphatic heterocycles. The Labute approximate surface area is 411 Å². The molecule has 1 unspecified atom stereocenters. The summed E-state index contributed by atoms with van der Waals surface area (Å²) in [6, 6.07) is 10.6. The molecule has 2 heterocycles. The van der Waals surface area contributed by atoms with E-state index in [2.05, 4.69) is 19.9 Å². The third kappa shape index (κ3) is 17.6. The quantitative estimate of drug-likeness (QED) is 0.0507. The van der Waals surface area contributed by atoms with E-state index in [-0.39, 0.29) is 59.6 Å². The SMILES string of the molecule is CCOC(=O)CC(=O)CC(=O)/C=C/c1c(-c2ccc(F)cc2)nc(N(C)S(C)(=O)=O)nc1C(C)C.CCOC(=O)CC(=O)CC(=O)CC(O)c1c(-c2ccc(F)cc2)nc(N(C)S(C)(=O)=O)nc1C(C)C. The molecule has 4 aromatic rings. The van der Waals surface area contributed by atoms with Crippen LogP contribution in [-0.4, -0.2) is 117 Å². The van der Waals surface area contributed by atoms with Crippen LogP contribution in [0.15, 0.2) is 54.6 Å². The number of nitrogens with zero attached hydrogens (tertiary/aromatic N) is 6. The average Bonchev–Trinajstić information content (AvgIpc) is 3.27. The summed E-state index contributed by atoms with van der Waals surface area (Å²) in [4.78, 5) is 89.4. The van der Waals surface area contributed by atoms with Gasteiger partial charge in [0, 0.05) is 42.8 Å². The van der Waals surface area contributed by atoms with Crippen molar-refractivity contribution in [3.05, 3.63) is 88.8 Å². The first kappa shape index (κ1) is 58.6. The summed E-state index contributed by atoms with van der Waals surface area (Å²) < 4.78 is 86.8. The van der Waals surface area contributed by atoms with Crippen LogP contribution in [0.3, 0.4) is 0 Å². The maximum absolute atomic E-state index is 13.6. The minimum absolute atomic E-state index is 0.0800. The lowest BCUT2D eigenvalue weighted by Crippen LogP contribution is -2.28. The molecule has 0 saturated carbocycles. The number of ether oxygens (including phenoxy) is 2. The molecule has 1 N–H and O–H groups in total. The maximum Gasteiger partial charge on any atom is 0.313 e. The van der Waals surface area contributed by atoms with Crippen LogP contribution in [0.1, 0.15) is 114 Å². The number of carbonyl (C=O) groups is 6. The molecule has 0 saturated heterocycles. The number of hydrogen-bond acceptors (Lipinski definition) is 17. The summed E-state index contributed by atoms with van der Waals surface area (Å²) in [7, 11) is -4.80. The fraction of sp³-hybridized carbons (Fsp3) is 0.417. The van der Waals surface area contributed by atoms with Gasteiger partial charge < -0.3 is 14.6 Å². The number of carbonyl (C=O) groups excluding carboxylic acids is 6. The third-order valence-corrected chi connectivity index (χ3v) is 12.4. The molecule has 0 fully saturated rings. The van der Waals surface area contributed by atoms with E-state index in [1.165, 1.54) is 74.8 Å². The zero-order chi connectivity index (χ0) is 53.5. The number of hydrogen-bond donors (Lipinski definition) is 1. The molecule has 4 rings (SSSR count). The van der Waals surface area contributed by atoms with Crippen molar-refractivity contribution in [3.63, 3.8) is 0 Å². The Morgan fingerprint density at radius 2 is 1.03 bits per heavy atom. The molecule has 19 nitrogen and oxygen atoms in total. The van der Waals surface area contributed by atoms with E-state index in [0.29, 0.717) is 22.4 Å². The molecule has 0 bridgehead atoms. The third-order valence-electron chi connectivity index (χ3n) is 10.1. The number of benzene rings is 2. The van der Waals surface area contributed by atoms with E-state index in [4.69, 9.17) is 9.47 Å². The highest BCUT2D eigenvalue weighted by molar-refractivity contribution is 7.92. The largest absolute Gasteiger partial charge is 0.466 e. The number of halogens is 2. The van der Waals surface area contributed by atoms with Gasteiger partial charge >= 0.3 is 11.9 Å². The predicted octanol–water partition coefficient (Wildman–Crippen LogP) is 6.00. The number of aliphatic hydroxyl groups is 1. The summed E-state index contributed by atoms with van der Waals surface area (Å²) >= 11 is 0. The first-order valence-corrected chi connectivity index (χ1v) is 25.8. The van der Waals surface area contributed by atoms with E-state index in [9.17, 15) is 59.5 Å². The van der Waals surface area contributed by atoms with Crippen molar-refractivity contribution in [1.29, 1.82) is 0 Å².